The van der Waals surface area contributed by atoms with E-state index in [0.717, 1.165) is 12.3 Å². The molecular weight excluding hydrogens is 447 g/mol. The first-order valence-electron chi connectivity index (χ1n) is 9.93. The summed E-state index contributed by atoms with van der Waals surface area (Å²) in [6, 6.07) is 5.69. The Hall–Kier alpha value is -2.66. The molecule has 2 heterocycles. The maximum Gasteiger partial charge on any atom is 0.417 e. The van der Waals surface area contributed by atoms with Gasteiger partial charge in [0.25, 0.3) is 0 Å². The molecule has 1 aromatic heterocycles. The highest BCUT2D eigenvalue weighted by atomic mass is 32.2. The summed E-state index contributed by atoms with van der Waals surface area (Å²) in [6.07, 6.45) is -4.00. The molecule has 1 N–H and O–H groups in total. The highest BCUT2D eigenvalue weighted by Gasteiger charge is 2.39. The normalized spacial score (nSPS) is 20.4. The van der Waals surface area contributed by atoms with Crippen LogP contribution in [0.1, 0.15) is 30.5 Å². The summed E-state index contributed by atoms with van der Waals surface area (Å²) >= 11 is 0. The van der Waals surface area contributed by atoms with Crippen molar-refractivity contribution in [1.82, 2.24) is 9.29 Å². The van der Waals surface area contributed by atoms with Gasteiger partial charge in [-0.3, -0.25) is 4.79 Å². The van der Waals surface area contributed by atoms with E-state index in [2.05, 4.69) is 4.98 Å². The van der Waals surface area contributed by atoms with Crippen molar-refractivity contribution in [3.63, 3.8) is 0 Å². The second-order valence-corrected chi connectivity index (χ2v) is 9.84. The van der Waals surface area contributed by atoms with E-state index >= 15 is 0 Å². The first-order chi connectivity index (χ1) is 14.8. The molecule has 1 saturated heterocycles. The van der Waals surface area contributed by atoms with Crippen molar-refractivity contribution in [2.75, 3.05) is 18.0 Å². The number of pyridine rings is 1. The molecule has 1 aliphatic heterocycles. The Morgan fingerprint density at radius 1 is 1.16 bits per heavy atom. The zero-order valence-electron chi connectivity index (χ0n) is 17.8. The van der Waals surface area contributed by atoms with Crippen LogP contribution in [0, 0.1) is 6.92 Å². The molecule has 2 atom stereocenters. The number of aryl methyl sites for hydroxylation is 1. The number of hydrogen-bond acceptors (Lipinski definition) is 5. The summed E-state index contributed by atoms with van der Waals surface area (Å²) in [5.41, 5.74) is 0.261. The molecule has 7 nitrogen and oxygen atoms in total. The lowest BCUT2D eigenvalue weighted by atomic mass is 10.1. The highest BCUT2D eigenvalue weighted by molar-refractivity contribution is 7.89. The van der Waals surface area contributed by atoms with Gasteiger partial charge in [-0.25, -0.2) is 13.4 Å². The van der Waals surface area contributed by atoms with Crippen molar-refractivity contribution in [2.45, 2.75) is 50.3 Å². The number of halogens is 3. The van der Waals surface area contributed by atoms with Gasteiger partial charge in [-0.2, -0.15) is 17.5 Å². The van der Waals surface area contributed by atoms with Gasteiger partial charge in [-0.15, -0.1) is 0 Å². The number of sulfonamides is 1. The second kappa shape index (κ2) is 8.70. The van der Waals surface area contributed by atoms with E-state index in [1.54, 1.807) is 31.7 Å². The molecule has 0 radical (unpaired) electrons. The van der Waals surface area contributed by atoms with Crippen LogP contribution in [0.3, 0.4) is 0 Å². The summed E-state index contributed by atoms with van der Waals surface area (Å²) in [6.45, 7) is 5.65. The molecule has 0 unspecified atom stereocenters. The monoisotopic (exact) mass is 471 g/mol. The fourth-order valence-electron chi connectivity index (χ4n) is 3.99. The van der Waals surface area contributed by atoms with Crippen molar-refractivity contribution in [2.24, 2.45) is 0 Å². The quantitative estimate of drug-likeness (QED) is 0.720. The fourth-order valence-corrected chi connectivity index (χ4v) is 5.85. The first-order valence-corrected chi connectivity index (χ1v) is 11.4. The van der Waals surface area contributed by atoms with Crippen LogP contribution in [-0.4, -0.2) is 54.0 Å². The second-order valence-electron chi connectivity index (χ2n) is 8.00. The largest absolute Gasteiger partial charge is 0.481 e. The maximum atomic E-state index is 13.4. The minimum absolute atomic E-state index is 0.0131. The first kappa shape index (κ1) is 24.0. The molecule has 32 heavy (non-hydrogen) atoms. The minimum Gasteiger partial charge on any atom is -0.481 e. The summed E-state index contributed by atoms with van der Waals surface area (Å²) in [7, 11) is -3.92. The lowest BCUT2D eigenvalue weighted by Gasteiger charge is -2.43. The minimum atomic E-state index is -4.48. The van der Waals surface area contributed by atoms with Crippen LogP contribution in [-0.2, 0) is 27.4 Å². The van der Waals surface area contributed by atoms with Gasteiger partial charge in [0, 0.05) is 31.4 Å². The highest BCUT2D eigenvalue weighted by Crippen LogP contribution is 2.31. The van der Waals surface area contributed by atoms with Gasteiger partial charge in [0.15, 0.2) is 0 Å². The summed E-state index contributed by atoms with van der Waals surface area (Å²) in [5.74, 6) is -0.713. The summed E-state index contributed by atoms with van der Waals surface area (Å²) in [5, 5.41) is 9.08. The number of benzene rings is 1. The number of hydrogen-bond donors (Lipinski definition) is 1. The maximum absolute atomic E-state index is 13.4. The molecule has 0 amide bonds. The fraction of sp³-hybridized carbons (Fsp3) is 0.429. The van der Waals surface area contributed by atoms with Crippen LogP contribution in [0.5, 0.6) is 0 Å². The Morgan fingerprint density at radius 3 is 2.28 bits per heavy atom. The number of carbonyl (C=O) groups is 1. The van der Waals surface area contributed by atoms with Crippen molar-refractivity contribution in [3.8, 4) is 0 Å². The molecule has 1 fully saturated rings. The van der Waals surface area contributed by atoms with Gasteiger partial charge in [-0.05, 0) is 56.2 Å². The van der Waals surface area contributed by atoms with E-state index in [1.807, 2.05) is 0 Å². The van der Waals surface area contributed by atoms with Gasteiger partial charge in [0.1, 0.15) is 5.82 Å². The molecule has 0 bridgehead atoms. The van der Waals surface area contributed by atoms with Crippen molar-refractivity contribution in [3.05, 3.63) is 53.2 Å². The van der Waals surface area contributed by atoms with Crippen LogP contribution in [0.25, 0.3) is 0 Å². The third-order valence-corrected chi connectivity index (χ3v) is 7.60. The van der Waals surface area contributed by atoms with Gasteiger partial charge in [-0.1, -0.05) is 6.07 Å². The van der Waals surface area contributed by atoms with E-state index in [1.165, 1.54) is 22.5 Å². The van der Waals surface area contributed by atoms with Gasteiger partial charge in [0.05, 0.1) is 16.9 Å². The third kappa shape index (κ3) is 4.88. The topological polar surface area (TPSA) is 90.8 Å². The van der Waals surface area contributed by atoms with E-state index in [4.69, 9.17) is 5.11 Å². The Bertz CT molecular complexity index is 1090. The van der Waals surface area contributed by atoms with Crippen molar-refractivity contribution >= 4 is 21.8 Å². The van der Waals surface area contributed by atoms with Crippen LogP contribution in [0.15, 0.2) is 41.4 Å². The summed E-state index contributed by atoms with van der Waals surface area (Å²) < 4.78 is 66.5. The third-order valence-electron chi connectivity index (χ3n) is 5.47. The number of anilines is 1. The zero-order chi connectivity index (χ0) is 23.8. The van der Waals surface area contributed by atoms with Crippen molar-refractivity contribution < 1.29 is 31.5 Å². The van der Waals surface area contributed by atoms with Crippen LogP contribution in [0.4, 0.5) is 19.0 Å². The number of carboxylic acids is 1. The summed E-state index contributed by atoms with van der Waals surface area (Å²) in [4.78, 5) is 16.8. The standard InChI is InChI=1S/C21H24F3N3O4S/c1-13-4-6-18(8-16(13)9-20(28)29)32(30,31)27-14(2)11-26(12-15(27)3)19-7-5-17(10-25-19)21(22,23)24/h4-8,10,14-15H,9,11-12H2,1-3H3,(H,28,29)/t14-,15+. The van der Waals surface area contributed by atoms with E-state index < -0.39 is 39.8 Å². The van der Waals surface area contributed by atoms with E-state index in [-0.39, 0.29) is 24.4 Å². The number of nitrogens with zero attached hydrogens (tertiary/aromatic N) is 3. The molecule has 0 aliphatic carbocycles. The van der Waals surface area contributed by atoms with Gasteiger partial charge >= 0.3 is 12.1 Å². The molecule has 11 heteroatoms. The van der Waals surface area contributed by atoms with E-state index in [9.17, 15) is 26.4 Å². The average Bonchev–Trinajstić information content (AvgIpc) is 2.68. The van der Waals surface area contributed by atoms with Crippen LogP contribution in [0.2, 0.25) is 0 Å². The molecule has 2 aromatic rings. The van der Waals surface area contributed by atoms with Crippen LogP contribution < -0.4 is 4.90 Å². The lowest BCUT2D eigenvalue weighted by molar-refractivity contribution is -0.138. The molecule has 0 saturated carbocycles. The Morgan fingerprint density at radius 2 is 1.78 bits per heavy atom. The van der Waals surface area contributed by atoms with Gasteiger partial charge < -0.3 is 10.0 Å². The van der Waals surface area contributed by atoms with Gasteiger partial charge in [0.2, 0.25) is 10.0 Å². The Labute approximate surface area is 184 Å². The van der Waals surface area contributed by atoms with E-state index in [0.29, 0.717) is 16.9 Å². The molecule has 3 rings (SSSR count). The lowest BCUT2D eigenvalue weighted by Crippen LogP contribution is -2.58. The Kier molecular flexibility index (Phi) is 6.52. The van der Waals surface area contributed by atoms with Crippen LogP contribution >= 0.6 is 0 Å². The zero-order valence-corrected chi connectivity index (χ0v) is 18.6. The average molecular weight is 472 g/mol. The number of rotatable bonds is 5. The number of aliphatic carboxylic acids is 1. The predicted molar refractivity (Wildman–Crippen MR) is 112 cm³/mol. The number of carboxylic acid groups (broad SMARTS) is 1. The smallest absolute Gasteiger partial charge is 0.417 e. The Balaban J connectivity index is 1.84. The number of aromatic nitrogens is 1. The molecule has 174 valence electrons. The molecular formula is C21H24F3N3O4S. The number of alkyl halides is 3. The molecule has 1 aromatic carbocycles. The molecule has 1 aliphatic rings. The number of piperazine rings is 1. The SMILES string of the molecule is Cc1ccc(S(=O)(=O)N2[C@H](C)CN(c3ccc(C(F)(F)F)cn3)C[C@@H]2C)cc1CC(=O)O. The molecule has 0 spiro atoms. The predicted octanol–water partition coefficient (Wildman–Crippen LogP) is 3.32. The van der Waals surface area contributed by atoms with Crippen molar-refractivity contribution in [1.29, 1.82) is 0 Å².